The summed E-state index contributed by atoms with van der Waals surface area (Å²) in [6.07, 6.45) is 0.954. The van der Waals surface area contributed by atoms with Crippen LogP contribution in [0.3, 0.4) is 0 Å². The van der Waals surface area contributed by atoms with Crippen LogP contribution < -0.4 is 0 Å². The van der Waals surface area contributed by atoms with Gasteiger partial charge in [-0.15, -0.1) is 11.8 Å². The highest BCUT2D eigenvalue weighted by molar-refractivity contribution is 9.10. The highest BCUT2D eigenvalue weighted by Crippen LogP contribution is 2.29. The molecule has 2 aromatic heterocycles. The lowest BCUT2D eigenvalue weighted by Gasteiger charge is -2.05. The van der Waals surface area contributed by atoms with Crippen molar-refractivity contribution in [2.45, 2.75) is 44.5 Å². The Morgan fingerprint density at radius 3 is 2.58 bits per heavy atom. The standard InChI is InChI=1S/C13H19BrN4S/c1-5-10-13(14)11(18(6-2)16-10)8-19-12-7-9(3)15-17(12)4/h7H,5-6,8H2,1-4H3. The molecule has 6 heteroatoms. The average molecular weight is 343 g/mol. The third kappa shape index (κ3) is 3.05. The maximum Gasteiger partial charge on any atom is 0.0943 e. The largest absolute Gasteiger partial charge is 0.268 e. The van der Waals surface area contributed by atoms with Crippen LogP contribution >= 0.6 is 27.7 Å². The molecule has 0 atom stereocenters. The number of aromatic nitrogens is 4. The molecule has 0 saturated carbocycles. The van der Waals surface area contributed by atoms with E-state index in [9.17, 15) is 0 Å². The fourth-order valence-corrected chi connectivity index (χ4v) is 3.97. The van der Waals surface area contributed by atoms with E-state index < -0.39 is 0 Å². The average Bonchev–Trinajstić information content (AvgIpc) is 2.86. The van der Waals surface area contributed by atoms with E-state index in [0.717, 1.165) is 34.6 Å². The van der Waals surface area contributed by atoms with Gasteiger partial charge in [0.15, 0.2) is 0 Å². The molecular weight excluding hydrogens is 324 g/mol. The fourth-order valence-electron chi connectivity index (χ4n) is 2.02. The van der Waals surface area contributed by atoms with Crippen LogP contribution in [0.15, 0.2) is 15.6 Å². The molecule has 0 aliphatic carbocycles. The zero-order valence-corrected chi connectivity index (χ0v) is 14.2. The topological polar surface area (TPSA) is 35.6 Å². The van der Waals surface area contributed by atoms with Crippen molar-refractivity contribution in [1.82, 2.24) is 19.6 Å². The molecule has 0 saturated heterocycles. The summed E-state index contributed by atoms with van der Waals surface area (Å²) in [7, 11) is 1.99. The molecule has 0 radical (unpaired) electrons. The number of nitrogens with zero attached hydrogens (tertiary/aromatic N) is 4. The first-order valence-corrected chi connectivity index (χ1v) is 8.22. The Morgan fingerprint density at radius 1 is 1.32 bits per heavy atom. The number of hydrogen-bond acceptors (Lipinski definition) is 3. The van der Waals surface area contributed by atoms with Crippen LogP contribution in [0.2, 0.25) is 0 Å². The van der Waals surface area contributed by atoms with Crippen molar-refractivity contribution in [3.63, 3.8) is 0 Å². The lowest BCUT2D eigenvalue weighted by atomic mass is 10.3. The normalized spacial score (nSPS) is 11.2. The van der Waals surface area contributed by atoms with E-state index in [4.69, 9.17) is 0 Å². The van der Waals surface area contributed by atoms with Crippen LogP contribution in [0.4, 0.5) is 0 Å². The molecule has 0 unspecified atom stereocenters. The highest BCUT2D eigenvalue weighted by atomic mass is 79.9. The Morgan fingerprint density at radius 2 is 2.05 bits per heavy atom. The SMILES string of the molecule is CCc1nn(CC)c(CSc2cc(C)nn2C)c1Br. The van der Waals surface area contributed by atoms with Crippen molar-refractivity contribution in [1.29, 1.82) is 0 Å². The molecule has 104 valence electrons. The number of halogens is 1. The number of aryl methyl sites for hydroxylation is 4. The van der Waals surface area contributed by atoms with E-state index in [1.165, 1.54) is 10.7 Å². The summed E-state index contributed by atoms with van der Waals surface area (Å²) in [4.78, 5) is 0. The van der Waals surface area contributed by atoms with Crippen LogP contribution in [-0.2, 0) is 25.8 Å². The molecule has 0 aliphatic rings. The summed E-state index contributed by atoms with van der Waals surface area (Å²) >= 11 is 5.48. The second kappa shape index (κ2) is 6.13. The Labute approximate surface area is 126 Å². The molecule has 0 fully saturated rings. The van der Waals surface area contributed by atoms with Gasteiger partial charge >= 0.3 is 0 Å². The van der Waals surface area contributed by atoms with Gasteiger partial charge < -0.3 is 0 Å². The van der Waals surface area contributed by atoms with Gasteiger partial charge in [0, 0.05) is 19.3 Å². The van der Waals surface area contributed by atoms with Gasteiger partial charge in [0.1, 0.15) is 0 Å². The second-order valence-corrected chi connectivity index (χ2v) is 6.20. The van der Waals surface area contributed by atoms with Crippen molar-refractivity contribution in [2.24, 2.45) is 7.05 Å². The van der Waals surface area contributed by atoms with E-state index >= 15 is 0 Å². The zero-order chi connectivity index (χ0) is 14.0. The number of hydrogen-bond donors (Lipinski definition) is 0. The van der Waals surface area contributed by atoms with Gasteiger partial charge in [-0.3, -0.25) is 9.36 Å². The Balaban J connectivity index is 2.19. The van der Waals surface area contributed by atoms with Gasteiger partial charge in [0.25, 0.3) is 0 Å². The number of thioether (sulfide) groups is 1. The predicted molar refractivity (Wildman–Crippen MR) is 82.5 cm³/mol. The van der Waals surface area contributed by atoms with Gasteiger partial charge in [-0.05, 0) is 42.3 Å². The van der Waals surface area contributed by atoms with Crippen LogP contribution in [0.5, 0.6) is 0 Å². The van der Waals surface area contributed by atoms with Gasteiger partial charge in [0.2, 0.25) is 0 Å². The summed E-state index contributed by atoms with van der Waals surface area (Å²) in [6, 6.07) is 2.12. The molecule has 4 nitrogen and oxygen atoms in total. The second-order valence-electron chi connectivity index (χ2n) is 4.41. The Bertz CT molecular complexity index is 573. The van der Waals surface area contributed by atoms with Crippen molar-refractivity contribution < 1.29 is 0 Å². The zero-order valence-electron chi connectivity index (χ0n) is 11.8. The van der Waals surface area contributed by atoms with E-state index in [-0.39, 0.29) is 0 Å². The molecular formula is C13H19BrN4S. The van der Waals surface area contributed by atoms with Gasteiger partial charge in [-0.2, -0.15) is 10.2 Å². The molecule has 0 N–H and O–H groups in total. The molecule has 2 heterocycles. The van der Waals surface area contributed by atoms with Crippen molar-refractivity contribution in [3.8, 4) is 0 Å². The Hall–Kier alpha value is -0.750. The monoisotopic (exact) mass is 342 g/mol. The molecule has 2 rings (SSSR count). The van der Waals surface area contributed by atoms with Crippen molar-refractivity contribution in [3.05, 3.63) is 27.6 Å². The highest BCUT2D eigenvalue weighted by Gasteiger charge is 2.14. The Kier molecular flexibility index (Phi) is 4.73. The molecule has 0 aromatic carbocycles. The maximum atomic E-state index is 4.62. The number of rotatable bonds is 5. The minimum absolute atomic E-state index is 0.902. The van der Waals surface area contributed by atoms with Crippen LogP contribution in [0, 0.1) is 6.92 Å². The summed E-state index contributed by atoms with van der Waals surface area (Å²) < 4.78 is 5.17. The van der Waals surface area contributed by atoms with E-state index in [0.29, 0.717) is 0 Å². The van der Waals surface area contributed by atoms with Gasteiger partial charge in [-0.25, -0.2) is 0 Å². The third-order valence-electron chi connectivity index (χ3n) is 3.01. The van der Waals surface area contributed by atoms with Gasteiger partial charge in [-0.1, -0.05) is 6.92 Å². The lowest BCUT2D eigenvalue weighted by molar-refractivity contribution is 0.627. The molecule has 0 spiro atoms. The summed E-state index contributed by atoms with van der Waals surface area (Å²) in [5.74, 6) is 0.903. The van der Waals surface area contributed by atoms with Crippen LogP contribution in [0.1, 0.15) is 30.9 Å². The van der Waals surface area contributed by atoms with E-state index in [1.54, 1.807) is 11.8 Å². The quantitative estimate of drug-likeness (QED) is 0.779. The maximum absolute atomic E-state index is 4.62. The molecule has 2 aromatic rings. The minimum atomic E-state index is 0.902. The molecule has 19 heavy (non-hydrogen) atoms. The summed E-state index contributed by atoms with van der Waals surface area (Å²) in [5.41, 5.74) is 3.45. The van der Waals surface area contributed by atoms with E-state index in [2.05, 4.69) is 50.7 Å². The molecule has 0 aliphatic heterocycles. The van der Waals surface area contributed by atoms with Crippen LogP contribution in [-0.4, -0.2) is 19.6 Å². The fraction of sp³-hybridized carbons (Fsp3) is 0.538. The van der Waals surface area contributed by atoms with Crippen LogP contribution in [0.25, 0.3) is 0 Å². The summed E-state index contributed by atoms with van der Waals surface area (Å²) in [6.45, 7) is 7.18. The predicted octanol–water partition coefficient (Wildman–Crippen LogP) is 3.56. The first kappa shape index (κ1) is 14.7. The van der Waals surface area contributed by atoms with E-state index in [1.807, 2.05) is 18.7 Å². The third-order valence-corrected chi connectivity index (χ3v) is 5.02. The van der Waals surface area contributed by atoms with Crippen molar-refractivity contribution >= 4 is 27.7 Å². The van der Waals surface area contributed by atoms with Crippen molar-refractivity contribution in [2.75, 3.05) is 0 Å². The first-order valence-electron chi connectivity index (χ1n) is 6.44. The lowest BCUT2D eigenvalue weighted by Crippen LogP contribution is -2.02. The van der Waals surface area contributed by atoms with Gasteiger partial charge in [0.05, 0.1) is 26.6 Å². The minimum Gasteiger partial charge on any atom is -0.268 e. The molecule has 0 bridgehead atoms. The smallest absolute Gasteiger partial charge is 0.0943 e. The molecule has 0 amide bonds. The summed E-state index contributed by atoms with van der Waals surface area (Å²) in [5, 5.41) is 10.2. The first-order chi connectivity index (χ1) is 9.06.